The summed E-state index contributed by atoms with van der Waals surface area (Å²) in [5.41, 5.74) is 7.11. The Balaban J connectivity index is 2.60. The second-order valence-corrected chi connectivity index (χ2v) is 5.39. The molecule has 1 rings (SSSR count). The molecule has 0 unspecified atom stereocenters. The van der Waals surface area contributed by atoms with Crippen LogP contribution in [0.5, 0.6) is 0 Å². The summed E-state index contributed by atoms with van der Waals surface area (Å²) in [5, 5.41) is 4.27. The molecule has 1 heterocycles. The van der Waals surface area contributed by atoms with E-state index < -0.39 is 0 Å². The Morgan fingerprint density at radius 1 is 1.30 bits per heavy atom. The molecule has 1 aromatic rings. The molecule has 0 atom stereocenters. The zero-order valence-corrected chi connectivity index (χ0v) is 13.1. The van der Waals surface area contributed by atoms with Crippen LogP contribution in [0.4, 0.5) is 0 Å². The highest BCUT2D eigenvalue weighted by atomic mass is 16.2. The summed E-state index contributed by atoms with van der Waals surface area (Å²) in [5.74, 6) is 0.0419. The lowest BCUT2D eigenvalue weighted by Gasteiger charge is -2.18. The van der Waals surface area contributed by atoms with Gasteiger partial charge in [-0.3, -0.25) is 9.48 Å². The second kappa shape index (κ2) is 8.01. The molecule has 2 N–H and O–H groups in total. The first-order chi connectivity index (χ1) is 9.47. The predicted molar refractivity (Wildman–Crippen MR) is 80.8 cm³/mol. The van der Waals surface area contributed by atoms with Crippen LogP contribution in [0.25, 0.3) is 0 Å². The summed E-state index contributed by atoms with van der Waals surface area (Å²) < 4.78 is 1.85. The Bertz CT molecular complexity index is 427. The summed E-state index contributed by atoms with van der Waals surface area (Å²) in [4.78, 5) is 16.2. The van der Waals surface area contributed by atoms with Crippen LogP contribution in [-0.2, 0) is 6.54 Å². The smallest absolute Gasteiger partial charge is 0.257 e. The van der Waals surface area contributed by atoms with Gasteiger partial charge in [-0.1, -0.05) is 0 Å². The molecule has 0 aliphatic rings. The number of carbonyl (C=O) groups excluding carboxylic acids is 1. The minimum Gasteiger partial charge on any atom is -0.342 e. The number of hydrogen-bond acceptors (Lipinski definition) is 4. The normalized spacial score (nSPS) is 11.1. The molecule has 0 aromatic carbocycles. The van der Waals surface area contributed by atoms with Gasteiger partial charge in [-0.05, 0) is 47.0 Å². The van der Waals surface area contributed by atoms with Gasteiger partial charge in [0.15, 0.2) is 0 Å². The molecule has 0 radical (unpaired) electrons. The van der Waals surface area contributed by atoms with Crippen LogP contribution < -0.4 is 5.73 Å². The van der Waals surface area contributed by atoms with Gasteiger partial charge in [0.05, 0.1) is 11.8 Å². The fourth-order valence-corrected chi connectivity index (χ4v) is 2.05. The molecular formula is C14H27N5O. The fourth-order valence-electron chi connectivity index (χ4n) is 2.05. The molecule has 20 heavy (non-hydrogen) atoms. The third-order valence-corrected chi connectivity index (χ3v) is 3.35. The van der Waals surface area contributed by atoms with Gasteiger partial charge in [0.1, 0.15) is 0 Å². The molecule has 0 saturated heterocycles. The Labute approximate surface area is 121 Å². The van der Waals surface area contributed by atoms with Crippen molar-refractivity contribution in [2.45, 2.75) is 26.3 Å². The summed E-state index contributed by atoms with van der Waals surface area (Å²) in [6.45, 7) is 5.06. The topological polar surface area (TPSA) is 67.4 Å². The first kappa shape index (κ1) is 16.7. The monoisotopic (exact) mass is 281 g/mol. The molecule has 114 valence electrons. The average molecular weight is 281 g/mol. The first-order valence-electron chi connectivity index (χ1n) is 7.10. The minimum atomic E-state index is 0.0419. The van der Waals surface area contributed by atoms with Gasteiger partial charge < -0.3 is 15.5 Å². The van der Waals surface area contributed by atoms with Crippen LogP contribution in [0.2, 0.25) is 0 Å². The van der Waals surface area contributed by atoms with Gasteiger partial charge in [0.2, 0.25) is 0 Å². The van der Waals surface area contributed by atoms with E-state index in [1.54, 1.807) is 11.1 Å². The molecular weight excluding hydrogens is 254 g/mol. The molecule has 0 fully saturated rings. The number of carbonyl (C=O) groups is 1. The Hall–Kier alpha value is -1.40. The van der Waals surface area contributed by atoms with Crippen LogP contribution in [0.15, 0.2) is 6.20 Å². The number of nitrogens with two attached hydrogens (primary N) is 1. The van der Waals surface area contributed by atoms with E-state index in [4.69, 9.17) is 5.73 Å². The molecule has 0 spiro atoms. The van der Waals surface area contributed by atoms with Crippen molar-refractivity contribution < 1.29 is 4.79 Å². The minimum absolute atomic E-state index is 0.0419. The Morgan fingerprint density at radius 3 is 2.60 bits per heavy atom. The van der Waals surface area contributed by atoms with Gasteiger partial charge >= 0.3 is 0 Å². The summed E-state index contributed by atoms with van der Waals surface area (Å²) in [6, 6.07) is 0. The van der Waals surface area contributed by atoms with Gasteiger partial charge in [-0.15, -0.1) is 0 Å². The maximum Gasteiger partial charge on any atom is 0.257 e. The van der Waals surface area contributed by atoms with Crippen molar-refractivity contribution in [1.29, 1.82) is 0 Å². The number of amides is 1. The zero-order valence-electron chi connectivity index (χ0n) is 13.1. The molecule has 0 aliphatic heterocycles. The van der Waals surface area contributed by atoms with E-state index in [1.807, 2.05) is 32.7 Å². The molecule has 6 nitrogen and oxygen atoms in total. The number of nitrogens with zero attached hydrogens (tertiary/aromatic N) is 4. The van der Waals surface area contributed by atoms with E-state index >= 15 is 0 Å². The maximum absolute atomic E-state index is 12.4. The maximum atomic E-state index is 12.4. The molecule has 1 amide bonds. The van der Waals surface area contributed by atoms with Crippen molar-refractivity contribution in [3.8, 4) is 0 Å². The van der Waals surface area contributed by atoms with Crippen molar-refractivity contribution in [2.24, 2.45) is 5.73 Å². The largest absolute Gasteiger partial charge is 0.342 e. The molecule has 6 heteroatoms. The van der Waals surface area contributed by atoms with Crippen molar-refractivity contribution in [3.05, 3.63) is 17.5 Å². The van der Waals surface area contributed by atoms with Gasteiger partial charge in [0.25, 0.3) is 5.91 Å². The Morgan fingerprint density at radius 2 is 2.00 bits per heavy atom. The first-order valence-corrected chi connectivity index (χ1v) is 7.10. The van der Waals surface area contributed by atoms with E-state index in [2.05, 4.69) is 10.00 Å². The van der Waals surface area contributed by atoms with E-state index in [-0.39, 0.29) is 5.91 Å². The predicted octanol–water partition coefficient (Wildman–Crippen LogP) is 0.564. The van der Waals surface area contributed by atoms with Crippen molar-refractivity contribution in [1.82, 2.24) is 19.6 Å². The van der Waals surface area contributed by atoms with Crippen LogP contribution in [0.1, 0.15) is 28.9 Å². The van der Waals surface area contributed by atoms with E-state index in [9.17, 15) is 4.79 Å². The summed E-state index contributed by atoms with van der Waals surface area (Å²) in [7, 11) is 5.91. The van der Waals surface area contributed by atoms with Crippen LogP contribution in [-0.4, -0.2) is 66.3 Å². The number of aryl methyl sites for hydroxylation is 1. The summed E-state index contributed by atoms with van der Waals surface area (Å²) in [6.07, 6.45) is 3.50. The number of aromatic nitrogens is 2. The average Bonchev–Trinajstić information content (AvgIpc) is 2.76. The molecule has 1 aromatic heterocycles. The number of hydrogen-bond donors (Lipinski definition) is 1. The van der Waals surface area contributed by atoms with Crippen LogP contribution in [0.3, 0.4) is 0 Å². The van der Waals surface area contributed by atoms with E-state index in [1.165, 1.54) is 0 Å². The number of rotatable bonds is 8. The Kier molecular flexibility index (Phi) is 6.67. The van der Waals surface area contributed by atoms with Crippen LogP contribution in [0, 0.1) is 6.92 Å². The van der Waals surface area contributed by atoms with E-state index in [0.717, 1.165) is 38.2 Å². The highest BCUT2D eigenvalue weighted by Gasteiger charge is 2.17. The highest BCUT2D eigenvalue weighted by Crippen LogP contribution is 2.10. The SMILES string of the molecule is Cc1c(C(=O)N(C)CCCN(C)C)cnn1CCCN. The van der Waals surface area contributed by atoms with Gasteiger partial charge in [-0.2, -0.15) is 5.10 Å². The zero-order chi connectivity index (χ0) is 15.1. The standard InChI is InChI=1S/C14H27N5O/c1-12-13(11-16-19(12)10-5-7-15)14(20)18(4)9-6-8-17(2)3/h11H,5-10,15H2,1-4H3. The van der Waals surface area contributed by atoms with Gasteiger partial charge in [-0.25, -0.2) is 0 Å². The van der Waals surface area contributed by atoms with E-state index in [0.29, 0.717) is 12.1 Å². The second-order valence-electron chi connectivity index (χ2n) is 5.39. The third-order valence-electron chi connectivity index (χ3n) is 3.35. The molecule has 0 saturated carbocycles. The third kappa shape index (κ3) is 4.61. The van der Waals surface area contributed by atoms with Gasteiger partial charge in [0, 0.05) is 25.8 Å². The summed E-state index contributed by atoms with van der Waals surface area (Å²) >= 11 is 0. The quantitative estimate of drug-likeness (QED) is 0.756. The van der Waals surface area contributed by atoms with Crippen LogP contribution >= 0.6 is 0 Å². The lowest BCUT2D eigenvalue weighted by molar-refractivity contribution is 0.0790. The lowest BCUT2D eigenvalue weighted by Crippen LogP contribution is -2.30. The highest BCUT2D eigenvalue weighted by molar-refractivity contribution is 5.94. The fraction of sp³-hybridized carbons (Fsp3) is 0.714. The van der Waals surface area contributed by atoms with Crippen molar-refractivity contribution in [2.75, 3.05) is 40.8 Å². The molecule has 0 aliphatic carbocycles. The lowest BCUT2D eigenvalue weighted by atomic mass is 10.2. The van der Waals surface area contributed by atoms with Crippen molar-refractivity contribution in [3.63, 3.8) is 0 Å². The molecule has 0 bridgehead atoms. The van der Waals surface area contributed by atoms with Crippen molar-refractivity contribution >= 4 is 5.91 Å².